The van der Waals surface area contributed by atoms with E-state index in [1.165, 1.54) is 29.5 Å². The molecular formula is C9H8FN5S. The third-order valence-corrected chi connectivity index (χ3v) is 1.93. The Hall–Kier alpha value is -2.02. The fourth-order valence-corrected chi connectivity index (χ4v) is 1.32. The zero-order chi connectivity index (χ0) is 11.4. The maximum atomic E-state index is 12.9. The number of anilines is 1. The van der Waals surface area contributed by atoms with Gasteiger partial charge in [-0.15, -0.1) is 10.2 Å². The summed E-state index contributed by atoms with van der Waals surface area (Å²) in [6.07, 6.45) is 2.92. The van der Waals surface area contributed by atoms with Gasteiger partial charge in [-0.25, -0.2) is 9.07 Å². The van der Waals surface area contributed by atoms with Gasteiger partial charge in [0.25, 0.3) is 0 Å². The second-order valence-electron chi connectivity index (χ2n) is 2.95. The van der Waals surface area contributed by atoms with E-state index >= 15 is 0 Å². The van der Waals surface area contributed by atoms with Crippen molar-refractivity contribution in [3.8, 4) is 0 Å². The third kappa shape index (κ3) is 2.74. The first-order chi connectivity index (χ1) is 7.74. The highest BCUT2D eigenvalue weighted by Gasteiger charge is 1.99. The topological polar surface area (TPSA) is 54.8 Å². The van der Waals surface area contributed by atoms with Crippen LogP contribution in [0.25, 0.3) is 0 Å². The van der Waals surface area contributed by atoms with Crippen LogP contribution in [0.15, 0.2) is 36.9 Å². The molecule has 1 aromatic heterocycles. The SMILES string of the molecule is Fc1cccc(NC(=S)Nn2cnnc2)c1. The summed E-state index contributed by atoms with van der Waals surface area (Å²) in [6, 6.07) is 6.02. The lowest BCUT2D eigenvalue weighted by Gasteiger charge is -2.09. The Bertz CT molecular complexity index is 484. The van der Waals surface area contributed by atoms with Crippen molar-refractivity contribution in [2.75, 3.05) is 10.7 Å². The second kappa shape index (κ2) is 4.67. The van der Waals surface area contributed by atoms with Crippen LogP contribution in [0.4, 0.5) is 10.1 Å². The molecule has 2 rings (SSSR count). The van der Waals surface area contributed by atoms with E-state index in [0.29, 0.717) is 10.8 Å². The smallest absolute Gasteiger partial charge is 0.190 e. The Labute approximate surface area is 96.3 Å². The lowest BCUT2D eigenvalue weighted by molar-refractivity contribution is 0.628. The van der Waals surface area contributed by atoms with Crippen molar-refractivity contribution in [2.45, 2.75) is 0 Å². The first kappa shape index (κ1) is 10.5. The van der Waals surface area contributed by atoms with E-state index < -0.39 is 0 Å². The summed E-state index contributed by atoms with van der Waals surface area (Å²) >= 11 is 5.01. The van der Waals surface area contributed by atoms with Crippen molar-refractivity contribution in [2.24, 2.45) is 0 Å². The molecule has 0 radical (unpaired) electrons. The number of halogens is 1. The zero-order valence-electron chi connectivity index (χ0n) is 8.09. The number of aromatic nitrogens is 3. The van der Waals surface area contributed by atoms with Crippen molar-refractivity contribution in [3.63, 3.8) is 0 Å². The summed E-state index contributed by atoms with van der Waals surface area (Å²) < 4.78 is 14.3. The van der Waals surface area contributed by atoms with Gasteiger partial charge < -0.3 is 5.32 Å². The van der Waals surface area contributed by atoms with Crippen LogP contribution >= 0.6 is 12.2 Å². The van der Waals surface area contributed by atoms with Gasteiger partial charge in [0.1, 0.15) is 18.5 Å². The molecule has 2 N–H and O–H groups in total. The van der Waals surface area contributed by atoms with Crippen molar-refractivity contribution >= 4 is 23.0 Å². The van der Waals surface area contributed by atoms with Crippen LogP contribution in [0.3, 0.4) is 0 Å². The highest BCUT2D eigenvalue weighted by molar-refractivity contribution is 7.80. The third-order valence-electron chi connectivity index (χ3n) is 1.73. The average molecular weight is 237 g/mol. The van der Waals surface area contributed by atoms with E-state index in [1.807, 2.05) is 0 Å². The number of benzene rings is 1. The maximum absolute atomic E-state index is 12.9. The summed E-state index contributed by atoms with van der Waals surface area (Å²) in [5, 5.41) is 10.3. The Morgan fingerprint density at radius 3 is 2.75 bits per heavy atom. The van der Waals surface area contributed by atoms with Gasteiger partial charge in [-0.05, 0) is 30.4 Å². The van der Waals surface area contributed by atoms with Crippen LogP contribution in [0.5, 0.6) is 0 Å². The number of thiocarbonyl (C=S) groups is 1. The van der Waals surface area contributed by atoms with Crippen LogP contribution in [0, 0.1) is 5.82 Å². The fourth-order valence-electron chi connectivity index (χ4n) is 1.10. The minimum Gasteiger partial charge on any atom is -0.331 e. The Balaban J connectivity index is 1.97. The van der Waals surface area contributed by atoms with Crippen LogP contribution in [0.1, 0.15) is 0 Å². The molecule has 2 aromatic rings. The lowest BCUT2D eigenvalue weighted by Crippen LogP contribution is -2.26. The van der Waals surface area contributed by atoms with Gasteiger partial charge in [0, 0.05) is 5.69 Å². The lowest BCUT2D eigenvalue weighted by atomic mass is 10.3. The molecule has 0 amide bonds. The number of nitrogens with one attached hydrogen (secondary N) is 2. The highest BCUT2D eigenvalue weighted by atomic mass is 32.1. The molecule has 0 saturated carbocycles. The molecule has 0 aliphatic heterocycles. The van der Waals surface area contributed by atoms with Crippen molar-refractivity contribution in [3.05, 3.63) is 42.7 Å². The summed E-state index contributed by atoms with van der Waals surface area (Å²) in [4.78, 5) is 0. The van der Waals surface area contributed by atoms with Gasteiger partial charge in [0.05, 0.1) is 0 Å². The van der Waals surface area contributed by atoms with Crippen molar-refractivity contribution in [1.29, 1.82) is 0 Å². The van der Waals surface area contributed by atoms with Crippen LogP contribution in [-0.4, -0.2) is 20.0 Å². The molecular weight excluding hydrogens is 229 g/mol. The summed E-state index contributed by atoms with van der Waals surface area (Å²) in [7, 11) is 0. The number of rotatable bonds is 2. The van der Waals surface area contributed by atoms with E-state index in [0.717, 1.165) is 0 Å². The molecule has 82 valence electrons. The van der Waals surface area contributed by atoms with Crippen LogP contribution < -0.4 is 10.7 Å². The van der Waals surface area contributed by atoms with Gasteiger partial charge in [-0.2, -0.15) is 0 Å². The molecule has 1 aromatic carbocycles. The van der Waals surface area contributed by atoms with Crippen LogP contribution in [0.2, 0.25) is 0 Å². The van der Waals surface area contributed by atoms with Gasteiger partial charge in [-0.3, -0.25) is 5.43 Å². The van der Waals surface area contributed by atoms with Crippen molar-refractivity contribution < 1.29 is 4.39 Å². The van der Waals surface area contributed by atoms with E-state index in [9.17, 15) is 4.39 Å². The predicted octanol–water partition coefficient (Wildman–Crippen LogP) is 1.36. The van der Waals surface area contributed by atoms with Gasteiger partial charge in [0.2, 0.25) is 0 Å². The quantitative estimate of drug-likeness (QED) is 0.772. The summed E-state index contributed by atoms with van der Waals surface area (Å²) in [6.45, 7) is 0. The molecule has 5 nitrogen and oxygen atoms in total. The first-order valence-electron chi connectivity index (χ1n) is 4.42. The molecule has 16 heavy (non-hydrogen) atoms. The molecule has 0 aliphatic carbocycles. The fraction of sp³-hybridized carbons (Fsp3) is 0. The van der Waals surface area contributed by atoms with E-state index in [-0.39, 0.29) is 5.82 Å². The van der Waals surface area contributed by atoms with Gasteiger partial charge in [-0.1, -0.05) is 6.07 Å². The summed E-state index contributed by atoms with van der Waals surface area (Å²) in [5.74, 6) is -0.322. The number of hydrogen-bond acceptors (Lipinski definition) is 3. The van der Waals surface area contributed by atoms with E-state index in [4.69, 9.17) is 12.2 Å². The van der Waals surface area contributed by atoms with E-state index in [2.05, 4.69) is 20.9 Å². The van der Waals surface area contributed by atoms with Crippen LogP contribution in [-0.2, 0) is 0 Å². The Morgan fingerprint density at radius 2 is 2.06 bits per heavy atom. The molecule has 0 aliphatic rings. The molecule has 1 heterocycles. The van der Waals surface area contributed by atoms with Crippen molar-refractivity contribution in [1.82, 2.24) is 14.9 Å². The summed E-state index contributed by atoms with van der Waals surface area (Å²) in [5.41, 5.74) is 3.35. The predicted molar refractivity (Wildman–Crippen MR) is 62.0 cm³/mol. The monoisotopic (exact) mass is 237 g/mol. The molecule has 0 fully saturated rings. The molecule has 0 bridgehead atoms. The minimum atomic E-state index is -0.322. The maximum Gasteiger partial charge on any atom is 0.190 e. The van der Waals surface area contributed by atoms with E-state index in [1.54, 1.807) is 12.1 Å². The average Bonchev–Trinajstić information content (AvgIpc) is 2.70. The molecule has 0 spiro atoms. The molecule has 0 unspecified atom stereocenters. The minimum absolute atomic E-state index is 0.322. The number of hydrogen-bond donors (Lipinski definition) is 2. The Kier molecular flexibility index (Phi) is 3.06. The van der Waals surface area contributed by atoms with Gasteiger partial charge >= 0.3 is 0 Å². The first-order valence-corrected chi connectivity index (χ1v) is 4.83. The highest BCUT2D eigenvalue weighted by Crippen LogP contribution is 2.08. The second-order valence-corrected chi connectivity index (χ2v) is 3.35. The standard InChI is InChI=1S/C9H8FN5S/c10-7-2-1-3-8(4-7)13-9(16)14-15-5-11-12-6-15/h1-6H,(H2,13,14,16). The zero-order valence-corrected chi connectivity index (χ0v) is 8.91. The number of nitrogens with zero attached hydrogens (tertiary/aromatic N) is 3. The molecule has 0 saturated heterocycles. The Morgan fingerprint density at radius 1 is 1.31 bits per heavy atom. The molecule has 0 atom stereocenters. The largest absolute Gasteiger partial charge is 0.331 e. The molecule has 7 heteroatoms. The van der Waals surface area contributed by atoms with Gasteiger partial charge in [0.15, 0.2) is 5.11 Å². The normalized spacial score (nSPS) is 9.81.